The number of aliphatic carboxylic acids is 1. The van der Waals surface area contributed by atoms with Crippen LogP contribution in [0, 0.1) is 0 Å². The van der Waals surface area contributed by atoms with Gasteiger partial charge in [0.2, 0.25) is 0 Å². The minimum Gasteiger partial charge on any atom is -0.476 e. The van der Waals surface area contributed by atoms with Crippen molar-refractivity contribution >= 4 is 64.2 Å². The van der Waals surface area contributed by atoms with Crippen molar-refractivity contribution in [3.8, 4) is 33.8 Å². The molecule has 2 saturated heterocycles. The van der Waals surface area contributed by atoms with Crippen LogP contribution in [0.1, 0.15) is 46.4 Å². The molecule has 2 amide bonds. The Morgan fingerprint density at radius 2 is 0.979 bits per heavy atom. The molecule has 0 radical (unpaired) electrons. The number of carbonyl (C=O) groups is 3. The highest BCUT2D eigenvalue weighted by molar-refractivity contribution is 6.35. The number of hydrogen-bond acceptors (Lipinski definition) is 5. The van der Waals surface area contributed by atoms with E-state index in [0.29, 0.717) is 69.6 Å². The van der Waals surface area contributed by atoms with Gasteiger partial charge in [-0.1, -0.05) is 58.5 Å². The van der Waals surface area contributed by atoms with E-state index in [1.165, 1.54) is 12.1 Å². The minimum absolute atomic E-state index is 0.140. The van der Waals surface area contributed by atoms with Gasteiger partial charge < -0.3 is 24.4 Å². The van der Waals surface area contributed by atoms with Gasteiger partial charge in [0.05, 0.1) is 21.2 Å². The summed E-state index contributed by atoms with van der Waals surface area (Å²) >= 11 is 25.9. The fourth-order valence-corrected chi connectivity index (χ4v) is 6.78. The molecule has 0 atom stereocenters. The van der Waals surface area contributed by atoms with E-state index in [9.17, 15) is 19.5 Å². The number of rotatable bonds is 9. The number of likely N-dealkylation sites (tertiary alicyclic amines) is 2. The largest absolute Gasteiger partial charge is 0.476 e. The van der Waals surface area contributed by atoms with Crippen LogP contribution in [0.2, 0.25) is 20.1 Å². The molecule has 2 aliphatic heterocycles. The summed E-state index contributed by atoms with van der Waals surface area (Å²) in [6.45, 7) is 2.75. The maximum Gasteiger partial charge on any atom is 0.387 e. The fourth-order valence-electron chi connectivity index (χ4n) is 5.91. The molecule has 12 heteroatoms. The maximum atomic E-state index is 13.0. The Morgan fingerprint density at radius 1 is 0.583 bits per heavy atom. The van der Waals surface area contributed by atoms with E-state index in [2.05, 4.69) is 0 Å². The van der Waals surface area contributed by atoms with Crippen molar-refractivity contribution in [2.45, 2.75) is 32.0 Å². The minimum atomic E-state index is -1.80. The SMILES string of the molecule is O=C(O)C(Oc1ccc(Cl)cc1-c1ccc(C(=O)N2CCCC2)c(Cl)c1)Oc1ccc(Cl)cc1-c1ccc(C(=O)N2CCCC2)c(Cl)c1. The Kier molecular flexibility index (Phi) is 10.4. The summed E-state index contributed by atoms with van der Waals surface area (Å²) in [6, 6.07) is 19.4. The molecule has 248 valence electrons. The number of carboxylic acids is 1. The second kappa shape index (κ2) is 14.7. The van der Waals surface area contributed by atoms with Crippen molar-refractivity contribution in [1.82, 2.24) is 9.80 Å². The van der Waals surface area contributed by atoms with Crippen molar-refractivity contribution in [1.29, 1.82) is 0 Å². The monoisotopic (exact) mass is 726 g/mol. The zero-order valence-corrected chi connectivity index (χ0v) is 28.6. The molecule has 48 heavy (non-hydrogen) atoms. The molecule has 2 heterocycles. The van der Waals surface area contributed by atoms with Gasteiger partial charge in [-0.2, -0.15) is 0 Å². The van der Waals surface area contributed by atoms with Gasteiger partial charge in [0.1, 0.15) is 11.5 Å². The lowest BCUT2D eigenvalue weighted by atomic mass is 10.0. The molecule has 0 spiro atoms. The van der Waals surface area contributed by atoms with E-state index in [-0.39, 0.29) is 33.4 Å². The Morgan fingerprint density at radius 3 is 1.33 bits per heavy atom. The highest BCUT2D eigenvalue weighted by Gasteiger charge is 2.27. The molecule has 0 unspecified atom stereocenters. The lowest BCUT2D eigenvalue weighted by Gasteiger charge is -2.21. The first-order valence-corrected chi connectivity index (χ1v) is 16.9. The van der Waals surface area contributed by atoms with Crippen LogP contribution < -0.4 is 9.47 Å². The van der Waals surface area contributed by atoms with E-state index in [0.717, 1.165) is 25.7 Å². The number of carboxylic acid groups (broad SMARTS) is 1. The van der Waals surface area contributed by atoms with Gasteiger partial charge >= 0.3 is 12.3 Å². The molecular weight excluding hydrogens is 698 g/mol. The molecule has 2 fully saturated rings. The predicted molar refractivity (Wildman–Crippen MR) is 187 cm³/mol. The van der Waals surface area contributed by atoms with E-state index in [1.807, 2.05) is 0 Å². The van der Waals surface area contributed by atoms with Crippen LogP contribution in [-0.4, -0.2) is 65.2 Å². The summed E-state index contributed by atoms with van der Waals surface area (Å²) in [5.74, 6) is -1.36. The van der Waals surface area contributed by atoms with Gasteiger partial charge in [-0.15, -0.1) is 0 Å². The normalized spacial score (nSPS) is 14.4. The van der Waals surface area contributed by atoms with E-state index < -0.39 is 12.3 Å². The molecule has 2 aliphatic rings. The van der Waals surface area contributed by atoms with Crippen molar-refractivity contribution in [3.63, 3.8) is 0 Å². The van der Waals surface area contributed by atoms with Crippen LogP contribution in [0.3, 0.4) is 0 Å². The van der Waals surface area contributed by atoms with Crippen LogP contribution in [-0.2, 0) is 4.79 Å². The number of carbonyl (C=O) groups excluding carboxylic acids is 2. The van der Waals surface area contributed by atoms with Gasteiger partial charge in [0.25, 0.3) is 11.8 Å². The number of hydrogen-bond donors (Lipinski definition) is 1. The number of halogens is 4. The molecule has 8 nitrogen and oxygen atoms in total. The van der Waals surface area contributed by atoms with Gasteiger partial charge in [-0.3, -0.25) is 9.59 Å². The summed E-state index contributed by atoms with van der Waals surface area (Å²) in [5, 5.41) is 11.4. The van der Waals surface area contributed by atoms with Gasteiger partial charge in [-0.05, 0) is 97.5 Å². The van der Waals surface area contributed by atoms with Crippen molar-refractivity contribution in [2.75, 3.05) is 26.2 Å². The topological polar surface area (TPSA) is 96.4 Å². The van der Waals surface area contributed by atoms with E-state index in [4.69, 9.17) is 55.9 Å². The molecule has 0 saturated carbocycles. The van der Waals surface area contributed by atoms with Crippen molar-refractivity contribution in [2.24, 2.45) is 0 Å². The predicted octanol–water partition coefficient (Wildman–Crippen LogP) is 8.97. The molecule has 0 bridgehead atoms. The Hall–Kier alpha value is -3.95. The fraction of sp³-hybridized carbons (Fsp3) is 0.250. The van der Waals surface area contributed by atoms with Crippen LogP contribution in [0.25, 0.3) is 22.3 Å². The standard InChI is InChI=1S/C36H30Cl4N2O6/c37-23-7-11-31(27(19-23)21-5-9-25(29(39)17-21)33(43)41-13-1-2-14-41)47-36(35(45)46)48-32-12-8-24(38)20-28(32)22-6-10-26(30(40)18-22)34(44)42-15-3-4-16-42/h5-12,17-20,36H,1-4,13-16H2,(H,45,46). The Bertz CT molecular complexity index is 1760. The number of nitrogens with zero attached hydrogens (tertiary/aromatic N) is 2. The van der Waals surface area contributed by atoms with E-state index >= 15 is 0 Å². The van der Waals surface area contributed by atoms with Gasteiger partial charge in [-0.25, -0.2) is 4.79 Å². The highest BCUT2D eigenvalue weighted by Crippen LogP contribution is 2.39. The lowest BCUT2D eigenvalue weighted by Crippen LogP contribution is -2.33. The first-order chi connectivity index (χ1) is 23.1. The Labute approximate surface area is 297 Å². The van der Waals surface area contributed by atoms with Crippen LogP contribution >= 0.6 is 46.4 Å². The summed E-state index contributed by atoms with van der Waals surface area (Å²) in [5.41, 5.74) is 2.77. The smallest absolute Gasteiger partial charge is 0.387 e. The molecule has 4 aromatic carbocycles. The first kappa shape index (κ1) is 33.9. The first-order valence-electron chi connectivity index (χ1n) is 15.4. The van der Waals surface area contributed by atoms with Crippen LogP contribution in [0.4, 0.5) is 0 Å². The number of amides is 2. The van der Waals surface area contributed by atoms with Gasteiger partial charge in [0, 0.05) is 47.4 Å². The summed E-state index contributed by atoms with van der Waals surface area (Å²) in [7, 11) is 0. The summed E-state index contributed by atoms with van der Waals surface area (Å²) in [6.07, 6.45) is 2.01. The number of benzene rings is 4. The van der Waals surface area contributed by atoms with Crippen molar-refractivity contribution in [3.05, 3.63) is 104 Å². The summed E-state index contributed by atoms with van der Waals surface area (Å²) in [4.78, 5) is 42.0. The third-order valence-electron chi connectivity index (χ3n) is 8.36. The molecule has 6 rings (SSSR count). The second-order valence-electron chi connectivity index (χ2n) is 11.6. The zero-order valence-electron chi connectivity index (χ0n) is 25.6. The van der Waals surface area contributed by atoms with Crippen molar-refractivity contribution < 1.29 is 29.0 Å². The molecule has 0 aliphatic carbocycles. The maximum absolute atomic E-state index is 13.0. The quantitative estimate of drug-likeness (QED) is 0.173. The zero-order chi connectivity index (χ0) is 33.9. The highest BCUT2D eigenvalue weighted by atomic mass is 35.5. The third kappa shape index (κ3) is 7.37. The van der Waals surface area contributed by atoms with E-state index in [1.54, 1.807) is 70.5 Å². The average molecular weight is 728 g/mol. The summed E-state index contributed by atoms with van der Waals surface area (Å²) < 4.78 is 11.9. The Balaban J connectivity index is 1.28. The van der Waals surface area contributed by atoms with Gasteiger partial charge in [0.15, 0.2) is 0 Å². The third-order valence-corrected chi connectivity index (χ3v) is 9.46. The van der Waals surface area contributed by atoms with Crippen LogP contribution in [0.5, 0.6) is 11.5 Å². The van der Waals surface area contributed by atoms with Crippen LogP contribution in [0.15, 0.2) is 72.8 Å². The average Bonchev–Trinajstić information content (AvgIpc) is 3.81. The molecular formula is C36H30Cl4N2O6. The molecule has 4 aromatic rings. The lowest BCUT2D eigenvalue weighted by molar-refractivity contribution is -0.158. The molecule has 1 N–H and O–H groups in total. The second-order valence-corrected chi connectivity index (χ2v) is 13.3. The molecule has 0 aromatic heterocycles. The number of ether oxygens (including phenoxy) is 2.